The number of aliphatic hydroxyl groups excluding tert-OH is 2. The Labute approximate surface area is 107 Å². The van der Waals surface area contributed by atoms with E-state index in [0.717, 1.165) is 0 Å². The number of hydrogen-bond acceptors (Lipinski definition) is 6. The van der Waals surface area contributed by atoms with Crippen molar-refractivity contribution in [2.24, 2.45) is 0 Å². The highest BCUT2D eigenvalue weighted by atomic mass is 16.5. The van der Waals surface area contributed by atoms with Gasteiger partial charge in [-0.25, -0.2) is 0 Å². The summed E-state index contributed by atoms with van der Waals surface area (Å²) in [6.07, 6.45) is 1.62. The Hall–Kier alpha value is -1.37. The predicted molar refractivity (Wildman–Crippen MR) is 66.8 cm³/mol. The molecule has 0 spiro atoms. The number of nitrogens with one attached hydrogen (secondary N) is 1. The largest absolute Gasteiger partial charge is 0.493 e. The molecule has 1 aromatic heterocycles. The highest BCUT2D eigenvalue weighted by Crippen LogP contribution is 2.29. The first-order valence-corrected chi connectivity index (χ1v) is 5.63. The van der Waals surface area contributed by atoms with Crippen LogP contribution in [0.15, 0.2) is 12.3 Å². The van der Waals surface area contributed by atoms with E-state index in [1.54, 1.807) is 33.4 Å². The summed E-state index contributed by atoms with van der Waals surface area (Å²) in [4.78, 5) is 4.20. The first-order valence-electron chi connectivity index (χ1n) is 5.63. The van der Waals surface area contributed by atoms with Gasteiger partial charge < -0.3 is 25.0 Å². The van der Waals surface area contributed by atoms with Crippen LogP contribution < -0.4 is 14.8 Å². The van der Waals surface area contributed by atoms with E-state index < -0.39 is 5.54 Å². The molecule has 0 radical (unpaired) electrons. The summed E-state index contributed by atoms with van der Waals surface area (Å²) in [6.45, 7) is 1.74. The molecule has 0 fully saturated rings. The van der Waals surface area contributed by atoms with Gasteiger partial charge in [0.15, 0.2) is 11.5 Å². The fourth-order valence-corrected chi connectivity index (χ4v) is 1.44. The molecule has 1 aromatic rings. The van der Waals surface area contributed by atoms with Crippen LogP contribution in [0.2, 0.25) is 0 Å². The average Bonchev–Trinajstić information content (AvgIpc) is 2.44. The van der Waals surface area contributed by atoms with Gasteiger partial charge >= 0.3 is 0 Å². The van der Waals surface area contributed by atoms with E-state index in [1.165, 1.54) is 0 Å². The Morgan fingerprint density at radius 3 is 2.44 bits per heavy atom. The molecule has 0 amide bonds. The number of ether oxygens (including phenoxy) is 2. The summed E-state index contributed by atoms with van der Waals surface area (Å²) in [5, 5.41) is 21.4. The molecule has 0 aliphatic carbocycles. The van der Waals surface area contributed by atoms with Crippen LogP contribution in [0, 0.1) is 0 Å². The lowest BCUT2D eigenvalue weighted by atomic mass is 10.1. The molecule has 0 saturated heterocycles. The zero-order valence-corrected chi connectivity index (χ0v) is 10.9. The number of methoxy groups -OCH3 is 2. The Kier molecular flexibility index (Phi) is 5.33. The van der Waals surface area contributed by atoms with E-state index in [2.05, 4.69) is 10.3 Å². The zero-order chi connectivity index (χ0) is 13.6. The molecule has 102 valence electrons. The van der Waals surface area contributed by atoms with E-state index >= 15 is 0 Å². The normalized spacial score (nSPS) is 11.4. The monoisotopic (exact) mass is 256 g/mol. The minimum atomic E-state index is -0.754. The predicted octanol–water partition coefficient (Wildman–Crippen LogP) is -0.0683. The van der Waals surface area contributed by atoms with Crippen LogP contribution in [0.1, 0.15) is 12.6 Å². The van der Waals surface area contributed by atoms with Gasteiger partial charge in [0.25, 0.3) is 0 Å². The zero-order valence-electron chi connectivity index (χ0n) is 10.9. The Morgan fingerprint density at radius 1 is 1.28 bits per heavy atom. The number of aliphatic hydroxyl groups is 2. The summed E-state index contributed by atoms with van der Waals surface area (Å²) in [6, 6.07) is 1.71. The molecular weight excluding hydrogens is 236 g/mol. The van der Waals surface area contributed by atoms with Crippen molar-refractivity contribution < 1.29 is 19.7 Å². The second-order valence-electron chi connectivity index (χ2n) is 4.22. The van der Waals surface area contributed by atoms with Gasteiger partial charge in [-0.1, -0.05) is 0 Å². The van der Waals surface area contributed by atoms with Crippen molar-refractivity contribution in [1.82, 2.24) is 10.3 Å². The lowest BCUT2D eigenvalue weighted by Gasteiger charge is -2.26. The second-order valence-corrected chi connectivity index (χ2v) is 4.22. The fraction of sp³-hybridized carbons (Fsp3) is 0.583. The minimum Gasteiger partial charge on any atom is -0.493 e. The summed E-state index contributed by atoms with van der Waals surface area (Å²) in [7, 11) is 3.10. The van der Waals surface area contributed by atoms with E-state index in [1.807, 2.05) is 0 Å². The molecule has 1 rings (SSSR count). The van der Waals surface area contributed by atoms with Crippen molar-refractivity contribution in [3.8, 4) is 11.5 Å². The van der Waals surface area contributed by atoms with Gasteiger partial charge in [-0.2, -0.15) is 0 Å². The maximum absolute atomic E-state index is 9.19. The molecule has 3 N–H and O–H groups in total. The molecule has 6 heteroatoms. The SMILES string of the molecule is COc1ccnc(CNC(C)(CO)CO)c1OC. The maximum Gasteiger partial charge on any atom is 0.183 e. The van der Waals surface area contributed by atoms with Gasteiger partial charge in [0.05, 0.1) is 38.7 Å². The molecule has 1 heterocycles. The van der Waals surface area contributed by atoms with Crippen molar-refractivity contribution in [3.05, 3.63) is 18.0 Å². The van der Waals surface area contributed by atoms with Crippen LogP contribution in [-0.4, -0.2) is 48.2 Å². The molecule has 0 aliphatic heterocycles. The van der Waals surface area contributed by atoms with Crippen molar-refractivity contribution in [3.63, 3.8) is 0 Å². The van der Waals surface area contributed by atoms with Crippen molar-refractivity contribution in [1.29, 1.82) is 0 Å². The van der Waals surface area contributed by atoms with E-state index in [4.69, 9.17) is 9.47 Å². The van der Waals surface area contributed by atoms with Crippen LogP contribution >= 0.6 is 0 Å². The van der Waals surface area contributed by atoms with Gasteiger partial charge in [0.1, 0.15) is 0 Å². The van der Waals surface area contributed by atoms with Gasteiger partial charge in [0, 0.05) is 18.8 Å². The smallest absolute Gasteiger partial charge is 0.183 e. The summed E-state index contributed by atoms with van der Waals surface area (Å²) in [5.41, 5.74) is -0.0968. The third-order valence-electron chi connectivity index (χ3n) is 2.75. The van der Waals surface area contributed by atoms with Crippen LogP contribution in [0.4, 0.5) is 0 Å². The number of pyridine rings is 1. The average molecular weight is 256 g/mol. The quantitative estimate of drug-likeness (QED) is 0.633. The molecule has 0 aliphatic rings. The summed E-state index contributed by atoms with van der Waals surface area (Å²) >= 11 is 0. The Balaban J connectivity index is 2.84. The van der Waals surface area contributed by atoms with Crippen molar-refractivity contribution >= 4 is 0 Å². The summed E-state index contributed by atoms with van der Waals surface area (Å²) < 4.78 is 10.4. The first kappa shape index (κ1) is 14.7. The third-order valence-corrected chi connectivity index (χ3v) is 2.75. The number of hydrogen-bond donors (Lipinski definition) is 3. The Bertz CT molecular complexity index is 380. The number of nitrogens with zero attached hydrogens (tertiary/aromatic N) is 1. The fourth-order valence-electron chi connectivity index (χ4n) is 1.44. The molecule has 0 unspecified atom stereocenters. The Morgan fingerprint density at radius 2 is 1.94 bits per heavy atom. The molecular formula is C12H20N2O4. The lowest BCUT2D eigenvalue weighted by Crippen LogP contribution is -2.48. The van der Waals surface area contributed by atoms with Crippen LogP contribution in [0.3, 0.4) is 0 Å². The van der Waals surface area contributed by atoms with E-state index in [-0.39, 0.29) is 13.2 Å². The highest BCUT2D eigenvalue weighted by molar-refractivity contribution is 5.42. The molecule has 0 atom stereocenters. The molecule has 0 aromatic carbocycles. The maximum atomic E-state index is 9.19. The highest BCUT2D eigenvalue weighted by Gasteiger charge is 2.22. The minimum absolute atomic E-state index is 0.171. The summed E-state index contributed by atoms with van der Waals surface area (Å²) in [5.74, 6) is 1.14. The van der Waals surface area contributed by atoms with E-state index in [9.17, 15) is 10.2 Å². The lowest BCUT2D eigenvalue weighted by molar-refractivity contribution is 0.102. The van der Waals surface area contributed by atoms with Crippen LogP contribution in [0.25, 0.3) is 0 Å². The molecule has 0 bridgehead atoms. The first-order chi connectivity index (χ1) is 8.60. The van der Waals surface area contributed by atoms with Crippen LogP contribution in [0.5, 0.6) is 11.5 Å². The molecule has 0 saturated carbocycles. The van der Waals surface area contributed by atoms with Crippen molar-refractivity contribution in [2.45, 2.75) is 19.0 Å². The van der Waals surface area contributed by atoms with Gasteiger partial charge in [-0.05, 0) is 6.92 Å². The van der Waals surface area contributed by atoms with E-state index in [0.29, 0.717) is 23.7 Å². The number of aromatic nitrogens is 1. The van der Waals surface area contributed by atoms with Crippen molar-refractivity contribution in [2.75, 3.05) is 27.4 Å². The second kappa shape index (κ2) is 6.53. The standard InChI is InChI=1S/C12H20N2O4/c1-12(7-15,8-16)14-6-9-11(18-3)10(17-2)4-5-13-9/h4-5,14-16H,6-8H2,1-3H3. The van der Waals surface area contributed by atoms with Gasteiger partial charge in [-0.15, -0.1) is 0 Å². The van der Waals surface area contributed by atoms with Gasteiger partial charge in [0.2, 0.25) is 0 Å². The molecule has 6 nitrogen and oxygen atoms in total. The third kappa shape index (κ3) is 3.32. The van der Waals surface area contributed by atoms with Crippen LogP contribution in [-0.2, 0) is 6.54 Å². The topological polar surface area (TPSA) is 83.8 Å². The van der Waals surface area contributed by atoms with Gasteiger partial charge in [-0.3, -0.25) is 4.98 Å². The molecule has 18 heavy (non-hydrogen) atoms. The number of rotatable bonds is 7.